The van der Waals surface area contributed by atoms with Crippen LogP contribution in [0.4, 0.5) is 0 Å². The van der Waals surface area contributed by atoms with Gasteiger partial charge in [0.1, 0.15) is 6.54 Å². The normalized spacial score (nSPS) is 19.7. The van der Waals surface area contributed by atoms with E-state index < -0.39 is 0 Å². The molecule has 0 radical (unpaired) electrons. The molecule has 0 unspecified atom stereocenters. The van der Waals surface area contributed by atoms with Crippen molar-refractivity contribution in [3.63, 3.8) is 0 Å². The molecule has 164 valence electrons. The number of amides is 1. The highest BCUT2D eigenvalue weighted by Gasteiger charge is 2.23. The van der Waals surface area contributed by atoms with Gasteiger partial charge < -0.3 is 25.6 Å². The van der Waals surface area contributed by atoms with E-state index in [4.69, 9.17) is 4.74 Å². The summed E-state index contributed by atoms with van der Waals surface area (Å²) >= 11 is 0. The van der Waals surface area contributed by atoms with Crippen LogP contribution in [-0.4, -0.2) is 75.8 Å². The van der Waals surface area contributed by atoms with Gasteiger partial charge in [0.2, 0.25) is 5.91 Å². The first-order chi connectivity index (χ1) is 13.2. The topological polar surface area (TPSA) is 78.0 Å². The monoisotopic (exact) mass is 509 g/mol. The zero-order chi connectivity index (χ0) is 19.3. The lowest BCUT2D eigenvalue weighted by atomic mass is 9.88. The molecular weight excluding hydrogens is 469 g/mol. The van der Waals surface area contributed by atoms with Crippen LogP contribution < -0.4 is 16.0 Å². The Labute approximate surface area is 187 Å². The van der Waals surface area contributed by atoms with Crippen molar-refractivity contribution in [3.05, 3.63) is 0 Å². The lowest BCUT2D eigenvalue weighted by Crippen LogP contribution is -2.49. The van der Waals surface area contributed by atoms with Gasteiger partial charge in [0.05, 0.1) is 6.61 Å². The standard InChI is InChI=1S/C20H39N5O2.HI/c1-3-21-20(23-15-19(26)22-11-14-27-2)24-18-9-12-25(13-10-18)16-17-7-5-4-6-8-17;/h17-18H,3-16H2,1-2H3,(H,22,26)(H2,21,23,24);1H. The zero-order valence-electron chi connectivity index (χ0n) is 17.7. The average molecular weight is 509 g/mol. The Kier molecular flexibility index (Phi) is 13.9. The molecule has 0 spiro atoms. The predicted octanol–water partition coefficient (Wildman–Crippen LogP) is 1.97. The van der Waals surface area contributed by atoms with Crippen molar-refractivity contribution in [2.75, 3.05) is 53.0 Å². The van der Waals surface area contributed by atoms with Gasteiger partial charge >= 0.3 is 0 Å². The number of methoxy groups -OCH3 is 1. The number of ether oxygens (including phenoxy) is 1. The SMILES string of the molecule is CCNC(=NCC(=O)NCCOC)NC1CCN(CC2CCCCC2)CC1.I. The number of nitrogens with one attached hydrogen (secondary N) is 3. The fraction of sp³-hybridized carbons (Fsp3) is 0.900. The van der Waals surface area contributed by atoms with E-state index in [1.807, 2.05) is 6.92 Å². The number of likely N-dealkylation sites (tertiary alicyclic amines) is 1. The molecule has 1 amide bonds. The number of nitrogens with zero attached hydrogens (tertiary/aromatic N) is 2. The Balaban J connectivity index is 0.00000392. The van der Waals surface area contributed by atoms with Gasteiger partial charge in [-0.05, 0) is 38.5 Å². The fourth-order valence-corrected chi connectivity index (χ4v) is 4.01. The molecule has 1 aliphatic carbocycles. The van der Waals surface area contributed by atoms with Crippen LogP contribution >= 0.6 is 24.0 Å². The van der Waals surface area contributed by atoms with Gasteiger partial charge in [0.15, 0.2) is 5.96 Å². The average Bonchev–Trinajstić information content (AvgIpc) is 2.69. The molecule has 0 aromatic heterocycles. The fourth-order valence-electron chi connectivity index (χ4n) is 4.01. The zero-order valence-corrected chi connectivity index (χ0v) is 20.0. The van der Waals surface area contributed by atoms with Crippen LogP contribution in [0.3, 0.4) is 0 Å². The largest absolute Gasteiger partial charge is 0.383 e. The Morgan fingerprint density at radius 3 is 2.46 bits per heavy atom. The molecule has 2 rings (SSSR count). The summed E-state index contributed by atoms with van der Waals surface area (Å²) in [6.07, 6.45) is 9.38. The molecule has 0 aromatic carbocycles. The third-order valence-corrected chi connectivity index (χ3v) is 5.52. The summed E-state index contributed by atoms with van der Waals surface area (Å²) < 4.78 is 4.93. The number of aliphatic imine (C=N–C) groups is 1. The summed E-state index contributed by atoms with van der Waals surface area (Å²) in [5.41, 5.74) is 0. The van der Waals surface area contributed by atoms with Crippen LogP contribution in [0.2, 0.25) is 0 Å². The number of rotatable bonds is 9. The molecule has 1 saturated heterocycles. The van der Waals surface area contributed by atoms with Crippen molar-refractivity contribution >= 4 is 35.8 Å². The quantitative estimate of drug-likeness (QED) is 0.192. The third kappa shape index (κ3) is 10.2. The second-order valence-corrected chi connectivity index (χ2v) is 7.76. The first-order valence-electron chi connectivity index (χ1n) is 10.7. The molecule has 1 heterocycles. The van der Waals surface area contributed by atoms with E-state index in [0.29, 0.717) is 19.2 Å². The molecule has 0 bridgehead atoms. The van der Waals surface area contributed by atoms with E-state index in [9.17, 15) is 4.79 Å². The van der Waals surface area contributed by atoms with E-state index in [0.717, 1.165) is 44.4 Å². The van der Waals surface area contributed by atoms with Gasteiger partial charge in [-0.1, -0.05) is 19.3 Å². The van der Waals surface area contributed by atoms with Crippen LogP contribution in [0.5, 0.6) is 0 Å². The molecule has 1 saturated carbocycles. The van der Waals surface area contributed by atoms with Gasteiger partial charge in [0, 0.05) is 45.9 Å². The van der Waals surface area contributed by atoms with Crippen molar-refractivity contribution < 1.29 is 9.53 Å². The van der Waals surface area contributed by atoms with E-state index >= 15 is 0 Å². The highest BCUT2D eigenvalue weighted by Crippen LogP contribution is 2.25. The molecular formula is C20H40IN5O2. The molecule has 28 heavy (non-hydrogen) atoms. The van der Waals surface area contributed by atoms with E-state index in [1.165, 1.54) is 38.6 Å². The Morgan fingerprint density at radius 1 is 1.11 bits per heavy atom. The van der Waals surface area contributed by atoms with Gasteiger partial charge in [-0.2, -0.15) is 0 Å². The van der Waals surface area contributed by atoms with Crippen molar-refractivity contribution in [1.82, 2.24) is 20.9 Å². The Hall–Kier alpha value is -0.610. The van der Waals surface area contributed by atoms with Gasteiger partial charge in [-0.25, -0.2) is 4.99 Å². The maximum atomic E-state index is 11.8. The molecule has 1 aliphatic heterocycles. The molecule has 0 atom stereocenters. The van der Waals surface area contributed by atoms with Crippen LogP contribution in [0, 0.1) is 5.92 Å². The van der Waals surface area contributed by atoms with Crippen LogP contribution in [0.25, 0.3) is 0 Å². The van der Waals surface area contributed by atoms with Gasteiger partial charge in [0.25, 0.3) is 0 Å². The lowest BCUT2D eigenvalue weighted by molar-refractivity contribution is -0.119. The molecule has 7 nitrogen and oxygen atoms in total. The number of guanidine groups is 1. The highest BCUT2D eigenvalue weighted by molar-refractivity contribution is 14.0. The summed E-state index contributed by atoms with van der Waals surface area (Å²) in [6.45, 7) is 7.61. The minimum Gasteiger partial charge on any atom is -0.383 e. The van der Waals surface area contributed by atoms with Crippen LogP contribution in [0.1, 0.15) is 51.9 Å². The molecule has 2 fully saturated rings. The van der Waals surface area contributed by atoms with Crippen LogP contribution in [-0.2, 0) is 9.53 Å². The summed E-state index contributed by atoms with van der Waals surface area (Å²) in [7, 11) is 1.62. The van der Waals surface area contributed by atoms with E-state index in [2.05, 4.69) is 25.8 Å². The number of hydrogen-bond acceptors (Lipinski definition) is 4. The maximum absolute atomic E-state index is 11.8. The van der Waals surface area contributed by atoms with Crippen molar-refractivity contribution in [2.24, 2.45) is 10.9 Å². The third-order valence-electron chi connectivity index (χ3n) is 5.52. The number of halogens is 1. The molecule has 2 aliphatic rings. The Bertz CT molecular complexity index is 450. The van der Waals surface area contributed by atoms with E-state index in [-0.39, 0.29) is 36.4 Å². The summed E-state index contributed by atoms with van der Waals surface area (Å²) in [4.78, 5) is 18.9. The second-order valence-electron chi connectivity index (χ2n) is 7.76. The first-order valence-corrected chi connectivity index (χ1v) is 10.7. The first kappa shape index (κ1) is 25.4. The predicted molar refractivity (Wildman–Crippen MR) is 125 cm³/mol. The van der Waals surface area contributed by atoms with Crippen molar-refractivity contribution in [1.29, 1.82) is 0 Å². The van der Waals surface area contributed by atoms with Gasteiger partial charge in [-0.3, -0.25) is 4.79 Å². The maximum Gasteiger partial charge on any atom is 0.241 e. The summed E-state index contributed by atoms with van der Waals surface area (Å²) in [5, 5.41) is 9.56. The lowest BCUT2D eigenvalue weighted by Gasteiger charge is -2.36. The second kappa shape index (κ2) is 15.3. The van der Waals surface area contributed by atoms with Gasteiger partial charge in [-0.15, -0.1) is 24.0 Å². The van der Waals surface area contributed by atoms with Crippen molar-refractivity contribution in [2.45, 2.75) is 57.9 Å². The number of hydrogen-bond donors (Lipinski definition) is 3. The molecule has 0 aromatic rings. The molecule has 8 heteroatoms. The number of carbonyl (C=O) groups excluding carboxylic acids is 1. The number of piperidine rings is 1. The Morgan fingerprint density at radius 2 is 1.82 bits per heavy atom. The smallest absolute Gasteiger partial charge is 0.241 e. The minimum absolute atomic E-state index is 0. The molecule has 3 N–H and O–H groups in total. The van der Waals surface area contributed by atoms with Crippen LogP contribution in [0.15, 0.2) is 4.99 Å². The van der Waals surface area contributed by atoms with Crippen molar-refractivity contribution in [3.8, 4) is 0 Å². The highest BCUT2D eigenvalue weighted by atomic mass is 127. The minimum atomic E-state index is -0.0773. The summed E-state index contributed by atoms with van der Waals surface area (Å²) in [6, 6.07) is 0.432. The summed E-state index contributed by atoms with van der Waals surface area (Å²) in [5.74, 6) is 1.58. The number of carbonyl (C=O) groups is 1. The van der Waals surface area contributed by atoms with E-state index in [1.54, 1.807) is 7.11 Å².